The molecule has 0 aliphatic heterocycles. The Labute approximate surface area is 82.5 Å². The minimum Gasteiger partial charge on any atom is -0.480 e. The Bertz CT molecular complexity index is 208. The summed E-state index contributed by atoms with van der Waals surface area (Å²) in [6.07, 6.45) is 0.0125. The lowest BCUT2D eigenvalue weighted by Gasteiger charge is -2.19. The van der Waals surface area contributed by atoms with E-state index >= 15 is 0 Å². The Morgan fingerprint density at radius 3 is 2.43 bits per heavy atom. The quantitative estimate of drug-likeness (QED) is 0.562. The van der Waals surface area contributed by atoms with E-state index in [-0.39, 0.29) is 13.0 Å². The summed E-state index contributed by atoms with van der Waals surface area (Å²) in [5, 5.41) is 19.5. The number of aliphatic hydroxyl groups is 1. The molecule has 0 aliphatic rings. The molecule has 0 saturated carbocycles. The lowest BCUT2D eigenvalue weighted by molar-refractivity contribution is -0.139. The first kappa shape index (κ1) is 12.7. The molecule has 0 aliphatic carbocycles. The van der Waals surface area contributed by atoms with Crippen molar-refractivity contribution < 1.29 is 19.8 Å². The van der Waals surface area contributed by atoms with Crippen molar-refractivity contribution in [2.24, 2.45) is 0 Å². The number of carboxylic acids is 1. The second-order valence-corrected chi connectivity index (χ2v) is 2.87. The highest BCUT2D eigenvalue weighted by Crippen LogP contribution is 1.93. The number of nitrogens with zero attached hydrogens (tertiary/aromatic N) is 1. The molecule has 0 radical (unpaired) electrons. The first-order valence-electron chi connectivity index (χ1n) is 4.38. The van der Waals surface area contributed by atoms with Gasteiger partial charge in [0.25, 0.3) is 0 Å². The monoisotopic (exact) mass is 204 g/mol. The van der Waals surface area contributed by atoms with Gasteiger partial charge in [-0.25, -0.2) is 9.59 Å². The number of aliphatic carboxylic acids is 1. The molecular formula is C8H16N2O4. The summed E-state index contributed by atoms with van der Waals surface area (Å²) in [5.41, 5.74) is 0. The molecule has 0 bridgehead atoms. The van der Waals surface area contributed by atoms with Crippen molar-refractivity contribution in [3.8, 4) is 0 Å². The van der Waals surface area contributed by atoms with Gasteiger partial charge in [-0.05, 0) is 6.92 Å². The van der Waals surface area contributed by atoms with Crippen LogP contribution < -0.4 is 5.32 Å². The van der Waals surface area contributed by atoms with Crippen molar-refractivity contribution >= 4 is 12.0 Å². The third-order valence-electron chi connectivity index (χ3n) is 1.83. The molecule has 0 aromatic heterocycles. The van der Waals surface area contributed by atoms with Crippen LogP contribution in [0.1, 0.15) is 13.3 Å². The maximum Gasteiger partial charge on any atom is 0.326 e. The summed E-state index contributed by atoms with van der Waals surface area (Å²) < 4.78 is 0. The summed E-state index contributed by atoms with van der Waals surface area (Å²) in [6.45, 7) is 2.01. The Kier molecular flexibility index (Phi) is 5.62. The number of urea groups is 1. The normalized spacial score (nSPS) is 11.9. The van der Waals surface area contributed by atoms with E-state index in [1.54, 1.807) is 14.0 Å². The summed E-state index contributed by atoms with van der Waals surface area (Å²) in [5.74, 6) is -1.14. The highest BCUT2D eigenvalue weighted by molar-refractivity contribution is 5.82. The highest BCUT2D eigenvalue weighted by atomic mass is 16.4. The lowest BCUT2D eigenvalue weighted by Crippen LogP contribution is -2.46. The van der Waals surface area contributed by atoms with Crippen LogP contribution in [0.4, 0.5) is 4.79 Å². The van der Waals surface area contributed by atoms with Gasteiger partial charge in [0, 0.05) is 26.6 Å². The number of nitrogens with one attached hydrogen (secondary N) is 1. The molecule has 0 rings (SSSR count). The SMILES string of the molecule is CCN(C)C(=O)NC(CCO)C(=O)O. The van der Waals surface area contributed by atoms with E-state index in [2.05, 4.69) is 5.32 Å². The fourth-order valence-electron chi connectivity index (χ4n) is 0.789. The fraction of sp³-hybridized carbons (Fsp3) is 0.750. The highest BCUT2D eigenvalue weighted by Gasteiger charge is 2.20. The van der Waals surface area contributed by atoms with Crippen LogP contribution in [-0.2, 0) is 4.79 Å². The molecule has 6 heteroatoms. The number of aliphatic hydroxyl groups excluding tert-OH is 1. The Morgan fingerprint density at radius 1 is 1.50 bits per heavy atom. The van der Waals surface area contributed by atoms with Gasteiger partial charge in [0.05, 0.1) is 0 Å². The first-order valence-corrected chi connectivity index (χ1v) is 4.38. The van der Waals surface area contributed by atoms with E-state index in [0.717, 1.165) is 0 Å². The van der Waals surface area contributed by atoms with Gasteiger partial charge >= 0.3 is 12.0 Å². The van der Waals surface area contributed by atoms with E-state index in [1.807, 2.05) is 0 Å². The number of rotatable bonds is 5. The van der Waals surface area contributed by atoms with Gasteiger partial charge < -0.3 is 20.4 Å². The molecule has 1 unspecified atom stereocenters. The molecule has 0 saturated heterocycles. The van der Waals surface area contributed by atoms with Crippen LogP contribution >= 0.6 is 0 Å². The largest absolute Gasteiger partial charge is 0.480 e. The van der Waals surface area contributed by atoms with Crippen LogP contribution in [0, 0.1) is 0 Å². The van der Waals surface area contributed by atoms with Crippen LogP contribution in [0.3, 0.4) is 0 Å². The van der Waals surface area contributed by atoms with Gasteiger partial charge in [-0.2, -0.15) is 0 Å². The molecule has 14 heavy (non-hydrogen) atoms. The zero-order valence-electron chi connectivity index (χ0n) is 8.36. The van der Waals surface area contributed by atoms with Gasteiger partial charge in [0.2, 0.25) is 0 Å². The topological polar surface area (TPSA) is 89.9 Å². The standard InChI is InChI=1S/C8H16N2O4/c1-3-10(2)8(14)9-6(4-5-11)7(12)13/h6,11H,3-5H2,1-2H3,(H,9,14)(H,12,13). The van der Waals surface area contributed by atoms with Crippen molar-refractivity contribution in [3.63, 3.8) is 0 Å². The van der Waals surface area contributed by atoms with Gasteiger partial charge in [0.15, 0.2) is 0 Å². The van der Waals surface area contributed by atoms with Gasteiger partial charge in [-0.3, -0.25) is 0 Å². The van der Waals surface area contributed by atoms with Crippen molar-refractivity contribution in [2.45, 2.75) is 19.4 Å². The minimum absolute atomic E-state index is 0.0125. The van der Waals surface area contributed by atoms with Gasteiger partial charge in [-0.1, -0.05) is 0 Å². The minimum atomic E-state index is -1.14. The summed E-state index contributed by atoms with van der Waals surface area (Å²) >= 11 is 0. The molecule has 82 valence electrons. The zero-order chi connectivity index (χ0) is 11.1. The lowest BCUT2D eigenvalue weighted by atomic mass is 10.2. The molecule has 0 aromatic rings. The third-order valence-corrected chi connectivity index (χ3v) is 1.83. The molecule has 0 fully saturated rings. The van der Waals surface area contributed by atoms with Crippen molar-refractivity contribution in [1.82, 2.24) is 10.2 Å². The number of hydrogen-bond acceptors (Lipinski definition) is 3. The van der Waals surface area contributed by atoms with Crippen molar-refractivity contribution in [3.05, 3.63) is 0 Å². The Balaban J connectivity index is 4.15. The fourth-order valence-corrected chi connectivity index (χ4v) is 0.789. The molecule has 2 amide bonds. The molecule has 6 nitrogen and oxygen atoms in total. The van der Waals surface area contributed by atoms with E-state index in [0.29, 0.717) is 6.54 Å². The van der Waals surface area contributed by atoms with Crippen LogP contribution in [0.25, 0.3) is 0 Å². The third kappa shape index (κ3) is 4.08. The Hall–Kier alpha value is -1.30. The van der Waals surface area contributed by atoms with E-state index in [1.165, 1.54) is 4.90 Å². The van der Waals surface area contributed by atoms with Crippen molar-refractivity contribution in [2.75, 3.05) is 20.2 Å². The zero-order valence-corrected chi connectivity index (χ0v) is 8.36. The van der Waals surface area contributed by atoms with Crippen molar-refractivity contribution in [1.29, 1.82) is 0 Å². The summed E-state index contributed by atoms with van der Waals surface area (Å²) in [7, 11) is 1.56. The molecule has 3 N–H and O–H groups in total. The van der Waals surface area contributed by atoms with Gasteiger partial charge in [0.1, 0.15) is 6.04 Å². The maximum absolute atomic E-state index is 11.2. The second-order valence-electron chi connectivity index (χ2n) is 2.87. The number of carboxylic acid groups (broad SMARTS) is 1. The smallest absolute Gasteiger partial charge is 0.326 e. The summed E-state index contributed by atoms with van der Waals surface area (Å²) in [4.78, 5) is 23.2. The number of amides is 2. The average Bonchev–Trinajstić information content (AvgIpc) is 2.15. The number of hydrogen-bond donors (Lipinski definition) is 3. The van der Waals surface area contributed by atoms with E-state index in [4.69, 9.17) is 10.2 Å². The first-order chi connectivity index (χ1) is 6.52. The Morgan fingerprint density at radius 2 is 2.07 bits per heavy atom. The average molecular weight is 204 g/mol. The summed E-state index contributed by atoms with van der Waals surface area (Å²) in [6, 6.07) is -1.48. The molecular weight excluding hydrogens is 188 g/mol. The van der Waals surface area contributed by atoms with Crippen LogP contribution in [0.5, 0.6) is 0 Å². The number of carbonyl (C=O) groups is 2. The maximum atomic E-state index is 11.2. The molecule has 0 aromatic carbocycles. The van der Waals surface area contributed by atoms with Gasteiger partial charge in [-0.15, -0.1) is 0 Å². The van der Waals surface area contributed by atoms with Crippen LogP contribution in [0.15, 0.2) is 0 Å². The molecule has 0 heterocycles. The van der Waals surface area contributed by atoms with Crippen LogP contribution in [-0.4, -0.2) is 53.4 Å². The molecule has 0 spiro atoms. The predicted molar refractivity (Wildman–Crippen MR) is 50.0 cm³/mol. The predicted octanol–water partition coefficient (Wildman–Crippen LogP) is -0.517. The van der Waals surface area contributed by atoms with Crippen LogP contribution in [0.2, 0.25) is 0 Å². The second kappa shape index (κ2) is 6.20. The van der Waals surface area contributed by atoms with E-state index < -0.39 is 18.0 Å². The number of carbonyl (C=O) groups excluding carboxylic acids is 1. The van der Waals surface area contributed by atoms with E-state index in [9.17, 15) is 9.59 Å². The molecule has 1 atom stereocenters.